The second-order valence-corrected chi connectivity index (χ2v) is 7.03. The minimum absolute atomic E-state index is 0.0603. The zero-order valence-corrected chi connectivity index (χ0v) is 16.7. The van der Waals surface area contributed by atoms with Gasteiger partial charge in [-0.05, 0) is 63.8 Å². The minimum atomic E-state index is -0.294. The van der Waals surface area contributed by atoms with Crippen molar-refractivity contribution in [3.63, 3.8) is 0 Å². The van der Waals surface area contributed by atoms with Crippen LogP contribution in [0, 0.1) is 0 Å². The highest BCUT2D eigenvalue weighted by molar-refractivity contribution is 6.05. The Balaban J connectivity index is 1.82. The van der Waals surface area contributed by atoms with E-state index in [0.717, 1.165) is 37.1 Å². The molecular weight excluding hydrogens is 356 g/mol. The molecule has 1 aliphatic heterocycles. The summed E-state index contributed by atoms with van der Waals surface area (Å²) in [5.74, 6) is 0.561. The first kappa shape index (κ1) is 19.9. The van der Waals surface area contributed by atoms with E-state index in [1.165, 1.54) is 0 Å². The second-order valence-electron chi connectivity index (χ2n) is 7.03. The molecule has 7 heteroatoms. The molecular formula is C21H28N4O3. The number of hydrogen-bond donors (Lipinski definition) is 2. The Labute approximate surface area is 165 Å². The Kier molecular flexibility index (Phi) is 6.34. The molecule has 0 aliphatic carbocycles. The molecule has 0 saturated heterocycles. The molecule has 0 bridgehead atoms. The van der Waals surface area contributed by atoms with Crippen LogP contribution in [0.15, 0.2) is 24.3 Å². The fraction of sp³-hybridized carbons (Fsp3) is 0.476. The summed E-state index contributed by atoms with van der Waals surface area (Å²) in [6.45, 7) is 7.20. The Bertz CT molecular complexity index is 842. The van der Waals surface area contributed by atoms with Crippen LogP contribution in [0.5, 0.6) is 5.75 Å². The summed E-state index contributed by atoms with van der Waals surface area (Å²) in [6.07, 6.45) is 3.55. The van der Waals surface area contributed by atoms with Crippen molar-refractivity contribution in [3.05, 3.63) is 41.5 Å². The number of aromatic nitrogens is 2. The number of fused-ring (bicyclic) bond motifs is 1. The van der Waals surface area contributed by atoms with Crippen molar-refractivity contribution < 1.29 is 14.3 Å². The number of benzene rings is 1. The maximum absolute atomic E-state index is 12.9. The first-order valence-corrected chi connectivity index (χ1v) is 9.98. The topological polar surface area (TPSA) is 85.2 Å². The summed E-state index contributed by atoms with van der Waals surface area (Å²) in [4.78, 5) is 29.9. The lowest BCUT2D eigenvalue weighted by Crippen LogP contribution is -2.34. The van der Waals surface area contributed by atoms with Gasteiger partial charge in [-0.15, -0.1) is 0 Å². The van der Waals surface area contributed by atoms with Gasteiger partial charge in [0.15, 0.2) is 11.5 Å². The predicted octanol–water partition coefficient (Wildman–Crippen LogP) is 3.40. The summed E-state index contributed by atoms with van der Waals surface area (Å²) in [7, 11) is 0. The molecule has 2 heterocycles. The van der Waals surface area contributed by atoms with E-state index in [4.69, 9.17) is 4.74 Å². The zero-order valence-electron chi connectivity index (χ0n) is 16.7. The molecule has 1 atom stereocenters. The minimum Gasteiger partial charge on any atom is -0.494 e. The van der Waals surface area contributed by atoms with Crippen LogP contribution < -0.4 is 15.4 Å². The van der Waals surface area contributed by atoms with E-state index in [1.54, 1.807) is 12.1 Å². The number of carbonyl (C=O) groups excluding carboxylic acids is 2. The highest BCUT2D eigenvalue weighted by Gasteiger charge is 2.27. The molecule has 2 amide bonds. The van der Waals surface area contributed by atoms with Crippen molar-refractivity contribution in [3.8, 4) is 5.75 Å². The lowest BCUT2D eigenvalue weighted by Gasteiger charge is -2.18. The van der Waals surface area contributed by atoms with Gasteiger partial charge in [0.1, 0.15) is 5.75 Å². The van der Waals surface area contributed by atoms with Crippen molar-refractivity contribution >= 4 is 17.5 Å². The average Bonchev–Trinajstić information content (AvgIpc) is 3.09. The number of nitrogens with one attached hydrogen (secondary N) is 2. The van der Waals surface area contributed by atoms with Crippen molar-refractivity contribution in [2.75, 3.05) is 11.9 Å². The van der Waals surface area contributed by atoms with E-state index in [-0.39, 0.29) is 17.9 Å². The van der Waals surface area contributed by atoms with E-state index in [9.17, 15) is 9.59 Å². The first-order valence-electron chi connectivity index (χ1n) is 9.98. The van der Waals surface area contributed by atoms with Crippen molar-refractivity contribution in [2.24, 2.45) is 0 Å². The zero-order chi connectivity index (χ0) is 20.1. The van der Waals surface area contributed by atoms with E-state index in [1.807, 2.05) is 37.5 Å². The van der Waals surface area contributed by atoms with Crippen LogP contribution in [0.3, 0.4) is 0 Å². The molecule has 2 aromatic rings. The molecule has 3 rings (SSSR count). The van der Waals surface area contributed by atoms with E-state index < -0.39 is 0 Å². The third kappa shape index (κ3) is 4.35. The number of anilines is 1. The van der Waals surface area contributed by atoms with Gasteiger partial charge in [-0.1, -0.05) is 6.92 Å². The fourth-order valence-corrected chi connectivity index (χ4v) is 3.28. The molecule has 2 N–H and O–H groups in total. The van der Waals surface area contributed by atoms with Crippen molar-refractivity contribution in [1.82, 2.24) is 14.9 Å². The van der Waals surface area contributed by atoms with Gasteiger partial charge in [0.25, 0.3) is 11.8 Å². The fourth-order valence-electron chi connectivity index (χ4n) is 3.28. The summed E-state index contributed by atoms with van der Waals surface area (Å²) in [5.41, 5.74) is 1.84. The maximum Gasteiger partial charge on any atom is 0.287 e. The molecule has 150 valence electrons. The number of rotatable bonds is 7. The highest BCUT2D eigenvalue weighted by atomic mass is 16.5. The van der Waals surface area contributed by atoms with Crippen LogP contribution in [-0.4, -0.2) is 34.0 Å². The van der Waals surface area contributed by atoms with Gasteiger partial charge in [-0.3, -0.25) is 9.59 Å². The Morgan fingerprint density at radius 3 is 2.61 bits per heavy atom. The molecule has 0 spiro atoms. The number of imidazole rings is 1. The van der Waals surface area contributed by atoms with E-state index in [0.29, 0.717) is 30.4 Å². The summed E-state index contributed by atoms with van der Waals surface area (Å²) in [5, 5.41) is 5.83. The third-order valence-electron chi connectivity index (χ3n) is 4.95. The van der Waals surface area contributed by atoms with Crippen LogP contribution in [-0.2, 0) is 13.0 Å². The number of amides is 2. The normalized spacial score (nSPS) is 14.1. The Hall–Kier alpha value is -2.83. The number of carbonyl (C=O) groups is 2. The molecule has 0 fully saturated rings. The monoisotopic (exact) mass is 384 g/mol. The second kappa shape index (κ2) is 8.91. The first-order chi connectivity index (χ1) is 13.5. The lowest BCUT2D eigenvalue weighted by molar-refractivity contribution is 0.0923. The van der Waals surface area contributed by atoms with Gasteiger partial charge in [0.05, 0.1) is 12.3 Å². The molecule has 28 heavy (non-hydrogen) atoms. The van der Waals surface area contributed by atoms with Gasteiger partial charge >= 0.3 is 0 Å². The summed E-state index contributed by atoms with van der Waals surface area (Å²) < 4.78 is 7.32. The van der Waals surface area contributed by atoms with Crippen LogP contribution in [0.2, 0.25) is 0 Å². The third-order valence-corrected chi connectivity index (χ3v) is 4.95. The van der Waals surface area contributed by atoms with Crippen molar-refractivity contribution in [2.45, 2.75) is 59.0 Å². The lowest BCUT2D eigenvalue weighted by atomic mass is 10.1. The largest absolute Gasteiger partial charge is 0.494 e. The number of hydrogen-bond acceptors (Lipinski definition) is 4. The van der Waals surface area contributed by atoms with E-state index in [2.05, 4.69) is 15.6 Å². The highest BCUT2D eigenvalue weighted by Crippen LogP contribution is 2.23. The Morgan fingerprint density at radius 2 is 1.93 bits per heavy atom. The maximum atomic E-state index is 12.9. The Morgan fingerprint density at radius 1 is 1.18 bits per heavy atom. The van der Waals surface area contributed by atoms with Crippen LogP contribution in [0.25, 0.3) is 0 Å². The van der Waals surface area contributed by atoms with Crippen LogP contribution >= 0.6 is 0 Å². The van der Waals surface area contributed by atoms with Gasteiger partial charge in [0, 0.05) is 18.3 Å². The number of ether oxygens (including phenoxy) is 1. The van der Waals surface area contributed by atoms with Crippen molar-refractivity contribution in [1.29, 1.82) is 0 Å². The van der Waals surface area contributed by atoms with Crippen LogP contribution in [0.4, 0.5) is 5.69 Å². The van der Waals surface area contributed by atoms with Gasteiger partial charge in [-0.25, -0.2) is 4.98 Å². The SMILES string of the molecule is CCOc1ccc(NC(=O)c2nc(C(=O)NC(C)CC)n3c2CCCC3)cc1. The van der Waals surface area contributed by atoms with Gasteiger partial charge in [-0.2, -0.15) is 0 Å². The smallest absolute Gasteiger partial charge is 0.287 e. The van der Waals surface area contributed by atoms with E-state index >= 15 is 0 Å². The molecule has 1 aromatic heterocycles. The molecule has 1 aromatic carbocycles. The predicted molar refractivity (Wildman–Crippen MR) is 108 cm³/mol. The summed E-state index contributed by atoms with van der Waals surface area (Å²) in [6, 6.07) is 7.27. The van der Waals surface area contributed by atoms with Crippen LogP contribution in [0.1, 0.15) is 66.8 Å². The molecule has 0 saturated carbocycles. The molecule has 7 nitrogen and oxygen atoms in total. The van der Waals surface area contributed by atoms with Gasteiger partial charge < -0.3 is 19.9 Å². The molecule has 1 aliphatic rings. The standard InChI is InChI=1S/C21H28N4O3/c1-4-14(3)22-21(27)19-24-18(17-8-6-7-13-25(17)19)20(26)23-15-9-11-16(12-10-15)28-5-2/h9-12,14H,4-8,13H2,1-3H3,(H,22,27)(H,23,26). The quantitative estimate of drug-likeness (QED) is 0.766. The number of nitrogens with zero attached hydrogens (tertiary/aromatic N) is 2. The molecule has 0 radical (unpaired) electrons. The average molecular weight is 384 g/mol. The summed E-state index contributed by atoms with van der Waals surface area (Å²) >= 11 is 0. The van der Waals surface area contributed by atoms with Gasteiger partial charge in [0.2, 0.25) is 0 Å². The molecule has 1 unspecified atom stereocenters.